The second kappa shape index (κ2) is 8.39. The van der Waals surface area contributed by atoms with Gasteiger partial charge in [-0.1, -0.05) is 47.5 Å². The Morgan fingerprint density at radius 3 is 2.68 bits per heavy atom. The minimum Gasteiger partial charge on any atom is -0.490 e. The molecule has 0 fully saturated rings. The zero-order valence-corrected chi connectivity index (χ0v) is 17.0. The van der Waals surface area contributed by atoms with Gasteiger partial charge in [0.2, 0.25) is 0 Å². The van der Waals surface area contributed by atoms with Gasteiger partial charge in [0.05, 0.1) is 28.8 Å². The molecular weight excluding hydrogens is 395 g/mol. The lowest BCUT2D eigenvalue weighted by Crippen LogP contribution is -2.20. The van der Waals surface area contributed by atoms with Gasteiger partial charge in [-0.05, 0) is 40.6 Å². The molecule has 1 aliphatic heterocycles. The van der Waals surface area contributed by atoms with Crippen LogP contribution in [0.4, 0.5) is 0 Å². The fraction of sp³-hybridized carbons (Fsp3) is 0.227. The Morgan fingerprint density at radius 1 is 1.00 bits per heavy atom. The van der Waals surface area contributed by atoms with Crippen LogP contribution >= 0.6 is 23.2 Å². The molecule has 1 aliphatic rings. The highest BCUT2D eigenvalue weighted by molar-refractivity contribution is 6.43. The average Bonchev–Trinajstić information content (AvgIpc) is 3.24. The van der Waals surface area contributed by atoms with Crippen molar-refractivity contribution in [3.63, 3.8) is 0 Å². The maximum atomic E-state index is 6.42. The molecule has 1 N–H and O–H groups in total. The summed E-state index contributed by atoms with van der Waals surface area (Å²) in [5, 5.41) is 6.60. The number of fused-ring (bicyclic) bond motifs is 1. The van der Waals surface area contributed by atoms with Crippen molar-refractivity contribution in [3.05, 3.63) is 64.1 Å². The Bertz CT molecular complexity index is 1050. The van der Waals surface area contributed by atoms with Gasteiger partial charge in [0.15, 0.2) is 0 Å². The number of aliphatic imine (C=N–C) groups is 1. The second-order valence-corrected chi connectivity index (χ2v) is 7.30. The fourth-order valence-corrected chi connectivity index (χ4v) is 3.70. The lowest BCUT2D eigenvalue weighted by atomic mass is 9.99. The monoisotopic (exact) mass is 414 g/mol. The molecule has 3 aromatic rings. The summed E-state index contributed by atoms with van der Waals surface area (Å²) in [5.41, 5.74) is 2.88. The first-order chi connectivity index (χ1) is 13.7. The predicted molar refractivity (Wildman–Crippen MR) is 116 cm³/mol. The van der Waals surface area contributed by atoms with Gasteiger partial charge < -0.3 is 14.8 Å². The van der Waals surface area contributed by atoms with Gasteiger partial charge in [-0.15, -0.1) is 0 Å². The summed E-state index contributed by atoms with van der Waals surface area (Å²) in [6.45, 7) is 2.62. The highest BCUT2D eigenvalue weighted by Crippen LogP contribution is 2.36. The minimum atomic E-state index is 0.485. The number of hydrogen-bond acceptors (Lipinski definition) is 4. The summed E-state index contributed by atoms with van der Waals surface area (Å²) in [6.07, 6.45) is 0. The Hall–Kier alpha value is -2.27. The molecule has 0 aliphatic carbocycles. The van der Waals surface area contributed by atoms with Crippen molar-refractivity contribution in [2.24, 2.45) is 4.99 Å². The van der Waals surface area contributed by atoms with E-state index in [1.54, 1.807) is 13.2 Å². The van der Waals surface area contributed by atoms with Crippen molar-refractivity contribution in [2.45, 2.75) is 0 Å². The molecule has 0 aromatic heterocycles. The first-order valence-corrected chi connectivity index (χ1v) is 9.85. The molecule has 0 saturated heterocycles. The molecule has 1 heterocycles. The van der Waals surface area contributed by atoms with E-state index in [2.05, 4.69) is 28.5 Å². The van der Waals surface area contributed by atoms with E-state index < -0.39 is 0 Å². The summed E-state index contributed by atoms with van der Waals surface area (Å²) in [6, 6.07) is 16.1. The van der Waals surface area contributed by atoms with E-state index in [1.165, 1.54) is 0 Å². The van der Waals surface area contributed by atoms with Crippen molar-refractivity contribution in [2.75, 3.05) is 33.4 Å². The summed E-state index contributed by atoms with van der Waals surface area (Å²) in [7, 11) is 1.66. The van der Waals surface area contributed by atoms with Gasteiger partial charge in [-0.2, -0.15) is 0 Å². The number of methoxy groups -OCH3 is 1. The van der Waals surface area contributed by atoms with Crippen LogP contribution in [0.2, 0.25) is 10.0 Å². The molecule has 0 unspecified atom stereocenters. The lowest BCUT2D eigenvalue weighted by molar-refractivity contribution is 0.146. The second-order valence-electron chi connectivity index (χ2n) is 6.51. The molecule has 0 radical (unpaired) electrons. The average molecular weight is 415 g/mol. The topological polar surface area (TPSA) is 42.9 Å². The maximum Gasteiger partial charge on any atom is 0.132 e. The molecule has 4 rings (SSSR count). The van der Waals surface area contributed by atoms with Crippen LogP contribution in [0.3, 0.4) is 0 Å². The van der Waals surface area contributed by atoms with Crippen LogP contribution in [0.1, 0.15) is 5.56 Å². The fourth-order valence-electron chi connectivity index (χ4n) is 3.29. The van der Waals surface area contributed by atoms with Crippen LogP contribution in [-0.4, -0.2) is 39.2 Å². The smallest absolute Gasteiger partial charge is 0.132 e. The molecule has 0 amide bonds. The van der Waals surface area contributed by atoms with E-state index >= 15 is 0 Å². The summed E-state index contributed by atoms with van der Waals surface area (Å²) < 4.78 is 11.1. The van der Waals surface area contributed by atoms with E-state index in [0.717, 1.165) is 52.1 Å². The molecule has 0 bridgehead atoms. The summed E-state index contributed by atoms with van der Waals surface area (Å²) in [5.74, 6) is 1.66. The first-order valence-electron chi connectivity index (χ1n) is 9.10. The Balaban J connectivity index is 1.80. The number of benzene rings is 3. The number of nitrogens with zero attached hydrogens (tertiary/aromatic N) is 1. The van der Waals surface area contributed by atoms with Gasteiger partial charge in [0, 0.05) is 19.2 Å². The number of amidine groups is 1. The third kappa shape index (κ3) is 3.81. The van der Waals surface area contributed by atoms with Crippen LogP contribution in [0.25, 0.3) is 21.9 Å². The van der Waals surface area contributed by atoms with E-state index in [-0.39, 0.29) is 0 Å². The highest BCUT2D eigenvalue weighted by atomic mass is 35.5. The third-order valence-corrected chi connectivity index (χ3v) is 5.49. The van der Waals surface area contributed by atoms with E-state index in [9.17, 15) is 0 Å². The number of hydrogen-bond donors (Lipinski definition) is 1. The van der Waals surface area contributed by atoms with Crippen molar-refractivity contribution in [3.8, 4) is 16.9 Å². The third-order valence-electron chi connectivity index (χ3n) is 4.68. The molecule has 0 atom stereocenters. The number of nitrogens with one attached hydrogen (secondary N) is 1. The molecular formula is C22H20Cl2N2O2. The largest absolute Gasteiger partial charge is 0.490 e. The Kier molecular flexibility index (Phi) is 5.72. The zero-order chi connectivity index (χ0) is 19.5. The van der Waals surface area contributed by atoms with E-state index in [1.807, 2.05) is 24.3 Å². The van der Waals surface area contributed by atoms with Crippen molar-refractivity contribution in [1.29, 1.82) is 0 Å². The molecule has 0 saturated carbocycles. The molecule has 28 heavy (non-hydrogen) atoms. The van der Waals surface area contributed by atoms with Crippen LogP contribution in [0.5, 0.6) is 5.75 Å². The highest BCUT2D eigenvalue weighted by Gasteiger charge is 2.16. The minimum absolute atomic E-state index is 0.485. The van der Waals surface area contributed by atoms with Crippen LogP contribution in [0.15, 0.2) is 53.5 Å². The number of rotatable bonds is 6. The standard InChI is InChI=1S/C22H20Cl2N2O2/c1-27-9-10-28-20-13-14-5-6-15(17-3-2-4-19(23)21(17)24)11-16(14)12-18(20)22-25-7-8-26-22/h2-6,11-13H,7-10H2,1H3,(H,25,26). The summed E-state index contributed by atoms with van der Waals surface area (Å²) >= 11 is 12.6. The SMILES string of the molecule is COCCOc1cc2ccc(-c3cccc(Cl)c3Cl)cc2cc1C1=NCCN1. The summed E-state index contributed by atoms with van der Waals surface area (Å²) in [4.78, 5) is 4.56. The van der Waals surface area contributed by atoms with Gasteiger partial charge >= 0.3 is 0 Å². The number of ether oxygens (including phenoxy) is 2. The first kappa shape index (κ1) is 19.1. The van der Waals surface area contributed by atoms with Crippen LogP contribution in [-0.2, 0) is 4.74 Å². The van der Waals surface area contributed by atoms with Crippen LogP contribution < -0.4 is 10.1 Å². The number of halogens is 2. The van der Waals surface area contributed by atoms with Crippen molar-refractivity contribution in [1.82, 2.24) is 5.32 Å². The molecule has 144 valence electrons. The van der Waals surface area contributed by atoms with E-state index in [0.29, 0.717) is 23.3 Å². The quantitative estimate of drug-likeness (QED) is 0.564. The van der Waals surface area contributed by atoms with Gasteiger partial charge in [-0.3, -0.25) is 4.99 Å². The molecule has 3 aromatic carbocycles. The van der Waals surface area contributed by atoms with Gasteiger partial charge in [0.1, 0.15) is 18.2 Å². The van der Waals surface area contributed by atoms with Gasteiger partial charge in [-0.25, -0.2) is 0 Å². The van der Waals surface area contributed by atoms with Crippen molar-refractivity contribution < 1.29 is 9.47 Å². The van der Waals surface area contributed by atoms with E-state index in [4.69, 9.17) is 32.7 Å². The predicted octanol–water partition coefficient (Wildman–Crippen LogP) is 5.19. The van der Waals surface area contributed by atoms with Gasteiger partial charge in [0.25, 0.3) is 0 Å². The molecule has 4 nitrogen and oxygen atoms in total. The molecule has 0 spiro atoms. The maximum absolute atomic E-state index is 6.42. The lowest BCUT2D eigenvalue weighted by Gasteiger charge is -2.14. The zero-order valence-electron chi connectivity index (χ0n) is 15.5. The van der Waals surface area contributed by atoms with Crippen LogP contribution in [0, 0.1) is 0 Å². The molecule has 6 heteroatoms. The normalized spacial score (nSPS) is 13.5. The Labute approximate surface area is 174 Å². The Morgan fingerprint density at radius 2 is 1.89 bits per heavy atom. The van der Waals surface area contributed by atoms with Crippen molar-refractivity contribution >= 4 is 39.8 Å².